The third kappa shape index (κ3) is 19.2. The molecule has 10 nitrogen and oxygen atoms in total. The van der Waals surface area contributed by atoms with Crippen LogP contribution in [0, 0.1) is 84.2 Å². The quantitative estimate of drug-likeness (QED) is 0.0741. The minimum Gasteiger partial charge on any atom is -0.857 e. The van der Waals surface area contributed by atoms with Gasteiger partial charge in [-0.25, -0.2) is 0 Å². The number of rotatable bonds is 6. The molecule has 0 atom stereocenters. The van der Waals surface area contributed by atoms with Crippen LogP contribution in [0.15, 0.2) is 121 Å². The van der Waals surface area contributed by atoms with Gasteiger partial charge in [-0.3, -0.25) is 0 Å². The van der Waals surface area contributed by atoms with Gasteiger partial charge in [0.15, 0.2) is 0 Å². The summed E-state index contributed by atoms with van der Waals surface area (Å²) in [5.41, 5.74) is 17.5. The van der Waals surface area contributed by atoms with Gasteiger partial charge < -0.3 is 49.1 Å². The van der Waals surface area contributed by atoms with E-state index < -0.39 is 0 Å². The van der Waals surface area contributed by atoms with Crippen LogP contribution < -0.4 is 10.2 Å². The van der Waals surface area contributed by atoms with Gasteiger partial charge >= 0.3 is 0 Å². The molecule has 0 fully saturated rings. The van der Waals surface area contributed by atoms with Crippen LogP contribution in [0.4, 0.5) is 0 Å². The van der Waals surface area contributed by atoms with E-state index in [1.807, 2.05) is 0 Å². The predicted molar refractivity (Wildman–Crippen MR) is 352 cm³/mol. The number of aromatic amines is 4. The van der Waals surface area contributed by atoms with E-state index in [9.17, 15) is 0 Å². The Labute approximate surface area is 661 Å². The number of fused-ring (bicyclic) bond motifs is 16. The Morgan fingerprint density at radius 1 is 0.261 bits per heavy atom. The van der Waals surface area contributed by atoms with Crippen molar-refractivity contribution < 1.29 is 89.0 Å². The Morgan fingerprint density at radius 3 is 0.477 bits per heavy atom. The Morgan fingerprint density at radius 2 is 0.375 bits per heavy atom. The predicted octanol–water partition coefficient (Wildman–Crippen LogP) is 12.9. The van der Waals surface area contributed by atoms with Crippen LogP contribution in [-0.2, 0) is 62.3 Å². The van der Waals surface area contributed by atoms with Crippen LogP contribution in [0.3, 0.4) is 0 Å². The summed E-state index contributed by atoms with van der Waals surface area (Å²) < 4.78 is 18.6. The van der Waals surface area contributed by atoms with Gasteiger partial charge in [-0.2, -0.15) is 156 Å². The molecule has 2 aliphatic heterocycles. The van der Waals surface area contributed by atoms with Crippen LogP contribution in [0.5, 0.6) is 0 Å². The summed E-state index contributed by atoms with van der Waals surface area (Å²) in [6.07, 6.45) is 0. The molecule has 4 radical (unpaired) electrons. The van der Waals surface area contributed by atoms with Crippen LogP contribution in [0.1, 0.15) is 201 Å². The van der Waals surface area contributed by atoms with E-state index in [1.54, 1.807) is 28.4 Å². The molecule has 14 heteroatoms. The number of ether oxygens (including phenoxy) is 4. The number of hydrogen-bond acceptors (Lipinski definition) is 6. The fourth-order valence-electron chi connectivity index (χ4n) is 10.8. The number of aromatic nitrogens is 4. The number of hydrogen-bond donors (Lipinski definition) is 4. The van der Waals surface area contributed by atoms with Gasteiger partial charge in [-0.1, -0.05) is 111 Å². The van der Waals surface area contributed by atoms with Crippen LogP contribution in [-0.4, -0.2) is 192 Å². The molecular weight excluding hydrogens is 1590 g/mol. The fraction of sp³-hybridized carbons (Fsp3) is 0.459. The number of nitrogens with one attached hydrogen (secondary N) is 4. The molecule has 468 valence electrons. The summed E-state index contributed by atoms with van der Waals surface area (Å²) >= 11 is 0. The maximum Gasteiger partial charge on any atom is 0.0696 e. The first-order chi connectivity index (χ1) is 39.5. The van der Waals surface area contributed by atoms with E-state index >= 15 is 0 Å². The van der Waals surface area contributed by atoms with Crippen molar-refractivity contribution in [2.45, 2.75) is 154 Å². The monoisotopic (exact) mass is 1690 g/mol. The summed E-state index contributed by atoms with van der Waals surface area (Å²) in [4.78, 5) is 15.2. The van der Waals surface area contributed by atoms with Crippen molar-refractivity contribution in [2.24, 2.45) is 0 Å². The van der Waals surface area contributed by atoms with Gasteiger partial charge in [0.25, 0.3) is 0 Å². The largest absolute Gasteiger partial charge is 0.857 e. The molecule has 2 aliphatic rings. The molecule has 6 heterocycles. The zero-order valence-electron chi connectivity index (χ0n) is 57.7. The standard InChI is InChI=1S/2C32H36N2.2C4H10O2.2CH3O.2K.2Np/c2*1-29(2)21-11-9-12-22(19-21)30(3,4)27-17-18-28(34-27)32(7,8)24-14-10-13-23(20-24)31(5,6)26-16-15-25(29)33-26;2*1-5-3-4-6-2;2*1-2;;;;/h2*9-18,33-34H,1-8H3;2*3-4H2,1-2H3;2*1H3;;;;/q2*-2;;;2*-1;;;;. The van der Waals surface area contributed by atoms with Gasteiger partial charge in [-0.15, -0.1) is 0 Å². The smallest absolute Gasteiger partial charge is 0.0696 e. The van der Waals surface area contributed by atoms with E-state index in [-0.39, 0.29) is 206 Å². The second-order valence-corrected chi connectivity index (χ2v) is 26.0. The molecule has 0 amide bonds. The van der Waals surface area contributed by atoms with Gasteiger partial charge in [0.2, 0.25) is 0 Å². The maximum absolute atomic E-state index is 8.25. The molecule has 0 spiro atoms. The van der Waals surface area contributed by atoms with Gasteiger partial charge in [-0.05, 0) is 48.5 Å². The second kappa shape index (κ2) is 36.2. The van der Waals surface area contributed by atoms with E-state index in [4.69, 9.17) is 10.2 Å². The van der Waals surface area contributed by atoms with Crippen molar-refractivity contribution >= 4 is 103 Å². The minimum atomic E-state index is -0.202. The van der Waals surface area contributed by atoms with Crippen molar-refractivity contribution in [1.29, 1.82) is 0 Å². The van der Waals surface area contributed by atoms with Crippen molar-refractivity contribution in [2.75, 3.05) is 69.1 Å². The van der Waals surface area contributed by atoms with E-state index in [1.165, 1.54) is 90.1 Å². The summed E-state index contributed by atoms with van der Waals surface area (Å²) in [6, 6.07) is 59.5. The van der Waals surface area contributed by atoms with Crippen LogP contribution >= 0.6 is 0 Å². The first-order valence-electron chi connectivity index (χ1n) is 29.2. The van der Waals surface area contributed by atoms with Gasteiger partial charge in [0.05, 0.1) is 26.4 Å². The van der Waals surface area contributed by atoms with Gasteiger partial charge in [0.1, 0.15) is 0 Å². The number of methoxy groups -OCH3 is 4. The van der Waals surface area contributed by atoms with Crippen molar-refractivity contribution in [3.63, 3.8) is 0 Å². The summed E-state index contributed by atoms with van der Waals surface area (Å²) in [5.74, 6) is 0. The Hall–Kier alpha value is -0.941. The molecule has 0 aliphatic carbocycles. The van der Waals surface area contributed by atoms with E-state index in [0.717, 1.165) is 14.2 Å². The topological polar surface area (TPSA) is 146 Å². The van der Waals surface area contributed by atoms with Crippen molar-refractivity contribution in [3.05, 3.63) is 236 Å². The third-order valence-corrected chi connectivity index (χ3v) is 17.7. The van der Waals surface area contributed by atoms with Crippen molar-refractivity contribution in [3.8, 4) is 0 Å². The fourth-order valence-corrected chi connectivity index (χ4v) is 10.8. The molecule has 4 aromatic carbocycles. The molecule has 0 saturated heterocycles. The van der Waals surface area contributed by atoms with Crippen LogP contribution in [0.2, 0.25) is 0 Å². The average Bonchev–Trinajstić information content (AvgIpc) is 2.31. The van der Waals surface area contributed by atoms with Crippen molar-refractivity contribution in [1.82, 2.24) is 19.9 Å². The number of benzene rings is 4. The van der Waals surface area contributed by atoms with E-state index in [0.29, 0.717) is 26.4 Å². The Bertz CT molecular complexity index is 2720. The maximum atomic E-state index is 8.25. The Balaban J connectivity index is 0.000000683. The zero-order chi connectivity index (χ0) is 62.7. The molecule has 8 aromatic rings. The SMILES string of the molecule is CC1(C)c2[c-]c(ccc2)C(C)(C)c2ccc([nH]2)C(C)(C)c2[c-]c(ccc2)C(C)(C)c2ccc1[nH]2.CC1(C)c2[c-]c(ccc2)C(C)(C)c2ccc([nH]2)C(C)(C)c2[c-]c(ccc2)C(C)(C)c2ccc1[nH]2.COCCOC.COCCOC.C[O-].C[O-].[K].[K].[Np].[Np]. The first-order valence-corrected chi connectivity index (χ1v) is 29.2. The summed E-state index contributed by atoms with van der Waals surface area (Å²) in [5, 5.41) is 16.5. The minimum absolute atomic E-state index is 0. The number of H-pyrrole nitrogens is 4. The third-order valence-electron chi connectivity index (χ3n) is 17.7. The molecule has 0 unspecified atom stereocenters. The normalized spacial score (nSPS) is 16.5. The zero-order valence-corrected chi connectivity index (χ0v) is 71.4. The molecule has 0 saturated carbocycles. The Kier molecular flexibility index (Phi) is 35.0. The van der Waals surface area contributed by atoms with E-state index in [2.05, 4.69) is 295 Å². The second-order valence-electron chi connectivity index (χ2n) is 26.0. The summed E-state index contributed by atoms with van der Waals surface area (Å²) in [7, 11) is 8.11. The van der Waals surface area contributed by atoms with Gasteiger partial charge in [0, 0.05) is 280 Å². The molecule has 4 N–H and O–H groups in total. The first kappa shape index (κ1) is 85.1. The molecule has 16 bridgehead atoms. The van der Waals surface area contributed by atoms with Crippen LogP contribution in [0.25, 0.3) is 0 Å². The average molecular weight is 1690 g/mol. The summed E-state index contributed by atoms with van der Waals surface area (Å²) in [6.45, 7) is 39.3. The molecule has 10 rings (SSSR count). The molecule has 4 aromatic heterocycles. The molecule has 88 heavy (non-hydrogen) atoms. The molecular formula is C74H98K2N4Np2O6-6.